The molecule has 0 radical (unpaired) electrons. The van der Waals surface area contributed by atoms with Gasteiger partial charge in [-0.3, -0.25) is 0 Å². The largest absolute Gasteiger partial charge is 0.0836 e. The molecule has 4 rings (SSSR count). The van der Waals surface area contributed by atoms with Crippen molar-refractivity contribution in [3.05, 3.63) is 35.9 Å². The van der Waals surface area contributed by atoms with Crippen molar-refractivity contribution in [2.24, 2.45) is 0 Å². The van der Waals surface area contributed by atoms with E-state index in [9.17, 15) is 0 Å². The zero-order valence-electron chi connectivity index (χ0n) is 17.4. The molecule has 0 amide bonds. The summed E-state index contributed by atoms with van der Waals surface area (Å²) in [6.07, 6.45) is 21.8. The van der Waals surface area contributed by atoms with Crippen LogP contribution < -0.4 is 0 Å². The zero-order valence-corrected chi connectivity index (χ0v) is 20.8. The van der Waals surface area contributed by atoms with Gasteiger partial charge in [0, 0.05) is 24.2 Å². The van der Waals surface area contributed by atoms with E-state index in [4.69, 9.17) is 11.6 Å². The molecule has 1 aromatic rings. The van der Waals surface area contributed by atoms with Crippen molar-refractivity contribution < 1.29 is 19.5 Å². The molecular weight excluding hydrogens is 468 g/mol. The molecular formula is C25H38ClPRu. The normalized spacial score (nSPS) is 23.2. The molecule has 0 aliphatic heterocycles. The van der Waals surface area contributed by atoms with Gasteiger partial charge in [0.25, 0.3) is 0 Å². The Hall–Kier alpha value is 0.433. The summed E-state index contributed by atoms with van der Waals surface area (Å²) in [6.45, 7) is -1.35. The minimum absolute atomic E-state index is 0. The van der Waals surface area contributed by atoms with Gasteiger partial charge in [-0.1, -0.05) is 107 Å². The number of benzene rings is 1. The van der Waals surface area contributed by atoms with E-state index in [0.29, 0.717) is 0 Å². The van der Waals surface area contributed by atoms with Crippen molar-refractivity contribution >= 4 is 23.2 Å². The minimum atomic E-state index is -1.35. The van der Waals surface area contributed by atoms with Crippen LogP contribution in [0, 0.1) is 0 Å². The Balaban J connectivity index is 0.00000225. The SMILES string of the molecule is ClC(c1ccccc1)=P(C1CCCCC1)(C1CCCCC1)C1CCCCC1.[Ru]. The van der Waals surface area contributed by atoms with Crippen molar-refractivity contribution in [2.45, 2.75) is 113 Å². The number of hydrogen-bond acceptors (Lipinski definition) is 0. The van der Waals surface area contributed by atoms with Gasteiger partial charge in [-0.25, -0.2) is 0 Å². The van der Waals surface area contributed by atoms with E-state index in [1.165, 1.54) is 107 Å². The number of hydrogen-bond donors (Lipinski definition) is 0. The fourth-order valence-corrected chi connectivity index (χ4v) is 15.1. The van der Waals surface area contributed by atoms with Crippen molar-refractivity contribution in [2.75, 3.05) is 0 Å². The van der Waals surface area contributed by atoms with Crippen LogP contribution in [0.5, 0.6) is 0 Å². The van der Waals surface area contributed by atoms with Crippen molar-refractivity contribution in [3.63, 3.8) is 0 Å². The van der Waals surface area contributed by atoms with Gasteiger partial charge >= 0.3 is 0 Å². The van der Waals surface area contributed by atoms with Gasteiger partial charge in [0.2, 0.25) is 0 Å². The summed E-state index contributed by atoms with van der Waals surface area (Å²) in [7, 11) is 0. The molecule has 0 bridgehead atoms. The predicted molar refractivity (Wildman–Crippen MR) is 124 cm³/mol. The first-order valence-corrected chi connectivity index (χ1v) is 14.2. The molecule has 0 heterocycles. The van der Waals surface area contributed by atoms with Crippen LogP contribution in [0.2, 0.25) is 0 Å². The summed E-state index contributed by atoms with van der Waals surface area (Å²) < 4.78 is 1.37. The van der Waals surface area contributed by atoms with E-state index in [-0.39, 0.29) is 19.5 Å². The third kappa shape index (κ3) is 4.68. The van der Waals surface area contributed by atoms with E-state index < -0.39 is 6.89 Å². The van der Waals surface area contributed by atoms with Crippen LogP contribution in [-0.4, -0.2) is 21.7 Å². The second-order valence-corrected chi connectivity index (χ2v) is 14.3. The van der Waals surface area contributed by atoms with Crippen LogP contribution >= 0.6 is 18.5 Å². The van der Waals surface area contributed by atoms with E-state index in [0.717, 1.165) is 17.0 Å². The molecule has 0 unspecified atom stereocenters. The Labute approximate surface area is 191 Å². The Bertz CT molecular complexity index is 585. The van der Waals surface area contributed by atoms with Gasteiger partial charge in [0.15, 0.2) is 0 Å². The van der Waals surface area contributed by atoms with Gasteiger partial charge in [-0.05, 0) is 61.1 Å². The third-order valence-electron chi connectivity index (χ3n) is 7.89. The van der Waals surface area contributed by atoms with Crippen molar-refractivity contribution in [3.8, 4) is 0 Å². The summed E-state index contributed by atoms with van der Waals surface area (Å²) in [5, 5.41) is 0. The van der Waals surface area contributed by atoms with Gasteiger partial charge in [0.05, 0.1) is 0 Å². The molecule has 3 fully saturated rings. The Morgan fingerprint density at radius 2 is 0.964 bits per heavy atom. The minimum Gasteiger partial charge on any atom is -0.0836 e. The van der Waals surface area contributed by atoms with Crippen LogP contribution in [-0.2, 0) is 19.5 Å². The average molecular weight is 506 g/mol. The molecule has 0 N–H and O–H groups in total. The smallest absolute Gasteiger partial charge is 0.0452 e. The van der Waals surface area contributed by atoms with Gasteiger partial charge in [-0.15, -0.1) is 0 Å². The monoisotopic (exact) mass is 506 g/mol. The number of rotatable bonds is 4. The number of halogens is 1. The van der Waals surface area contributed by atoms with Crippen LogP contribution in [0.3, 0.4) is 0 Å². The fraction of sp³-hybridized carbons (Fsp3) is 0.720. The van der Waals surface area contributed by atoms with Crippen molar-refractivity contribution in [1.82, 2.24) is 0 Å². The molecule has 3 aliphatic rings. The van der Waals surface area contributed by atoms with Crippen LogP contribution in [0.25, 0.3) is 0 Å². The first-order chi connectivity index (χ1) is 13.3. The predicted octanol–water partition coefficient (Wildman–Crippen LogP) is 8.42. The molecule has 3 aliphatic carbocycles. The average Bonchev–Trinajstić information content (AvgIpc) is 2.77. The first-order valence-electron chi connectivity index (χ1n) is 11.8. The second-order valence-electron chi connectivity index (χ2n) is 9.37. The molecule has 158 valence electrons. The molecule has 1 aromatic carbocycles. The first kappa shape index (κ1) is 23.1. The van der Waals surface area contributed by atoms with Gasteiger partial charge in [-0.2, -0.15) is 0 Å². The third-order valence-corrected chi connectivity index (χ3v) is 15.1. The van der Waals surface area contributed by atoms with Crippen LogP contribution in [0.1, 0.15) is 102 Å². The summed E-state index contributed by atoms with van der Waals surface area (Å²) >= 11 is 7.60. The Morgan fingerprint density at radius 1 is 0.607 bits per heavy atom. The molecule has 0 nitrogen and oxygen atoms in total. The molecule has 0 aromatic heterocycles. The topological polar surface area (TPSA) is 0 Å². The Morgan fingerprint density at radius 3 is 1.32 bits per heavy atom. The maximum Gasteiger partial charge on any atom is 0.0452 e. The van der Waals surface area contributed by atoms with E-state index in [1.807, 2.05) is 0 Å². The maximum atomic E-state index is 7.60. The Kier molecular flexibility index (Phi) is 9.21. The molecule has 0 spiro atoms. The second kappa shape index (κ2) is 11.2. The molecule has 28 heavy (non-hydrogen) atoms. The standard InChI is InChI=1S/C25H38ClP.Ru/c26-25(21-13-5-1-6-14-21)27(22-15-7-2-8-16-22,23-17-9-3-10-18-23)24-19-11-4-12-20-24;/h1,5-6,13-14,22-24H,2-4,7-12,15-20H2;. The fourth-order valence-electron chi connectivity index (χ4n) is 6.70. The van der Waals surface area contributed by atoms with Crippen LogP contribution in [0.4, 0.5) is 0 Å². The maximum absolute atomic E-state index is 7.60. The van der Waals surface area contributed by atoms with E-state index in [2.05, 4.69) is 30.3 Å². The quantitative estimate of drug-likeness (QED) is 0.284. The summed E-state index contributed by atoms with van der Waals surface area (Å²) in [4.78, 5) is 0. The van der Waals surface area contributed by atoms with Crippen molar-refractivity contribution in [1.29, 1.82) is 0 Å². The molecule has 0 atom stereocenters. The molecule has 3 heteroatoms. The molecule has 0 saturated heterocycles. The summed E-state index contributed by atoms with van der Waals surface area (Å²) in [5.74, 6) is 0. The summed E-state index contributed by atoms with van der Waals surface area (Å²) in [5.41, 5.74) is 4.13. The van der Waals surface area contributed by atoms with Gasteiger partial charge < -0.3 is 0 Å². The molecule has 3 saturated carbocycles. The van der Waals surface area contributed by atoms with E-state index in [1.54, 1.807) is 0 Å². The van der Waals surface area contributed by atoms with Gasteiger partial charge in [0.1, 0.15) is 0 Å². The van der Waals surface area contributed by atoms with E-state index >= 15 is 0 Å². The summed E-state index contributed by atoms with van der Waals surface area (Å²) in [6, 6.07) is 11.2. The van der Waals surface area contributed by atoms with Crippen LogP contribution in [0.15, 0.2) is 30.3 Å². The zero-order chi connectivity index (χ0) is 18.5.